The molecule has 1 amide bonds. The molecule has 0 saturated carbocycles. The molecule has 1 aliphatic rings. The van der Waals surface area contributed by atoms with Crippen molar-refractivity contribution >= 4 is 17.5 Å². The highest BCUT2D eigenvalue weighted by Gasteiger charge is 2.37. The lowest BCUT2D eigenvalue weighted by Crippen LogP contribution is -2.32. The minimum atomic E-state index is -0.655. The molecule has 2 N–H and O–H groups in total. The Kier molecular flexibility index (Phi) is 6.74. The largest absolute Gasteiger partial charge is 0.495 e. The van der Waals surface area contributed by atoms with Crippen LogP contribution < -0.4 is 24.8 Å². The first kappa shape index (κ1) is 24.9. The van der Waals surface area contributed by atoms with Crippen molar-refractivity contribution in [1.29, 1.82) is 0 Å². The van der Waals surface area contributed by atoms with E-state index >= 15 is 0 Å². The summed E-state index contributed by atoms with van der Waals surface area (Å²) < 4.78 is 18.5. The molecule has 194 valence electrons. The number of aryl methyl sites for hydroxylation is 1. The minimum Gasteiger partial charge on any atom is -0.495 e. The zero-order valence-corrected chi connectivity index (χ0v) is 21.9. The van der Waals surface area contributed by atoms with Crippen molar-refractivity contribution < 1.29 is 19.0 Å². The van der Waals surface area contributed by atoms with Crippen LogP contribution in [0.5, 0.6) is 17.2 Å². The zero-order chi connectivity index (χ0) is 26.8. The maximum Gasteiger partial charge on any atom is 0.255 e. The average Bonchev–Trinajstić information content (AvgIpc) is 3.35. The van der Waals surface area contributed by atoms with Gasteiger partial charge in [0.2, 0.25) is 5.95 Å². The smallest absolute Gasteiger partial charge is 0.255 e. The lowest BCUT2D eigenvalue weighted by Gasteiger charge is -2.30. The fraction of sp³-hybridized carbons (Fsp3) is 0.207. The SMILES string of the molecule is COc1ccccc1NC(=O)C1=C(C)Nc2nc(-c3ccc(C)cc3)nn2C1c1cccc(OC)c1OC. The number of nitrogens with zero attached hydrogens (tertiary/aromatic N) is 3. The maximum atomic E-state index is 13.9. The van der Waals surface area contributed by atoms with Crippen molar-refractivity contribution in [2.75, 3.05) is 32.0 Å². The van der Waals surface area contributed by atoms with E-state index in [0.29, 0.717) is 51.5 Å². The van der Waals surface area contributed by atoms with Crippen LogP contribution >= 0.6 is 0 Å². The van der Waals surface area contributed by atoms with Crippen molar-refractivity contribution in [1.82, 2.24) is 14.8 Å². The van der Waals surface area contributed by atoms with E-state index in [-0.39, 0.29) is 5.91 Å². The molecule has 1 unspecified atom stereocenters. The second kappa shape index (κ2) is 10.3. The van der Waals surface area contributed by atoms with Crippen LogP contribution in [0.3, 0.4) is 0 Å². The Morgan fingerprint density at radius 2 is 1.61 bits per heavy atom. The number of para-hydroxylation sites is 3. The highest BCUT2D eigenvalue weighted by molar-refractivity contribution is 6.06. The van der Waals surface area contributed by atoms with Crippen molar-refractivity contribution in [3.8, 4) is 28.6 Å². The maximum absolute atomic E-state index is 13.9. The first-order valence-electron chi connectivity index (χ1n) is 12.1. The Morgan fingerprint density at radius 3 is 2.32 bits per heavy atom. The fourth-order valence-electron chi connectivity index (χ4n) is 4.62. The lowest BCUT2D eigenvalue weighted by atomic mass is 9.94. The summed E-state index contributed by atoms with van der Waals surface area (Å²) in [6.07, 6.45) is 0. The third kappa shape index (κ3) is 4.43. The molecule has 1 atom stereocenters. The first-order valence-corrected chi connectivity index (χ1v) is 12.1. The summed E-state index contributed by atoms with van der Waals surface area (Å²) in [5, 5.41) is 11.1. The van der Waals surface area contributed by atoms with E-state index in [2.05, 4.69) is 10.6 Å². The molecule has 9 heteroatoms. The number of hydrogen-bond acceptors (Lipinski definition) is 7. The number of ether oxygens (including phenoxy) is 3. The van der Waals surface area contributed by atoms with Crippen molar-refractivity contribution in [3.63, 3.8) is 0 Å². The average molecular weight is 512 g/mol. The number of nitrogens with one attached hydrogen (secondary N) is 2. The van der Waals surface area contributed by atoms with Gasteiger partial charge in [-0.2, -0.15) is 4.98 Å². The van der Waals surface area contributed by atoms with Gasteiger partial charge in [0.25, 0.3) is 5.91 Å². The number of allylic oxidation sites excluding steroid dienone is 1. The van der Waals surface area contributed by atoms with Gasteiger partial charge in [-0.1, -0.05) is 54.1 Å². The van der Waals surface area contributed by atoms with Gasteiger partial charge in [0.05, 0.1) is 32.6 Å². The Hall–Kier alpha value is -4.79. The number of aromatic nitrogens is 3. The molecule has 1 aliphatic heterocycles. The van der Waals surface area contributed by atoms with Gasteiger partial charge in [-0.25, -0.2) is 4.68 Å². The number of rotatable bonds is 7. The van der Waals surface area contributed by atoms with E-state index in [0.717, 1.165) is 11.1 Å². The summed E-state index contributed by atoms with van der Waals surface area (Å²) in [5.74, 6) is 2.36. The summed E-state index contributed by atoms with van der Waals surface area (Å²) in [7, 11) is 4.72. The monoisotopic (exact) mass is 511 g/mol. The second-order valence-electron chi connectivity index (χ2n) is 8.87. The molecule has 3 aromatic carbocycles. The van der Waals surface area contributed by atoms with Crippen molar-refractivity contribution in [2.45, 2.75) is 19.9 Å². The molecular weight excluding hydrogens is 482 g/mol. The van der Waals surface area contributed by atoms with E-state index < -0.39 is 6.04 Å². The van der Waals surface area contributed by atoms with Crippen LogP contribution in [0, 0.1) is 6.92 Å². The highest BCUT2D eigenvalue weighted by Crippen LogP contribution is 2.43. The quantitative estimate of drug-likeness (QED) is 0.352. The van der Waals surface area contributed by atoms with E-state index in [9.17, 15) is 4.79 Å². The fourth-order valence-corrected chi connectivity index (χ4v) is 4.62. The number of carbonyl (C=O) groups excluding carboxylic acids is 1. The predicted octanol–water partition coefficient (Wildman–Crippen LogP) is 5.21. The molecule has 0 bridgehead atoms. The highest BCUT2D eigenvalue weighted by atomic mass is 16.5. The van der Waals surface area contributed by atoms with E-state index in [1.54, 1.807) is 38.1 Å². The molecule has 9 nitrogen and oxygen atoms in total. The normalized spacial score (nSPS) is 14.4. The molecule has 0 radical (unpaired) electrons. The second-order valence-corrected chi connectivity index (χ2v) is 8.87. The number of methoxy groups -OCH3 is 3. The van der Waals surface area contributed by atoms with Gasteiger partial charge in [0.15, 0.2) is 17.3 Å². The van der Waals surface area contributed by atoms with Crippen LogP contribution in [-0.4, -0.2) is 42.0 Å². The topological polar surface area (TPSA) is 99.5 Å². The van der Waals surface area contributed by atoms with Crippen molar-refractivity contribution in [2.24, 2.45) is 0 Å². The summed E-state index contributed by atoms with van der Waals surface area (Å²) in [6, 6.07) is 20.2. The van der Waals surface area contributed by atoms with Gasteiger partial charge in [0.1, 0.15) is 11.8 Å². The number of benzene rings is 3. The summed E-state index contributed by atoms with van der Waals surface area (Å²) >= 11 is 0. The number of hydrogen-bond donors (Lipinski definition) is 2. The summed E-state index contributed by atoms with van der Waals surface area (Å²) in [6.45, 7) is 3.88. The molecule has 0 aliphatic carbocycles. The van der Waals surface area contributed by atoms with Gasteiger partial charge in [-0.3, -0.25) is 4.79 Å². The van der Waals surface area contributed by atoms with Gasteiger partial charge in [-0.05, 0) is 32.0 Å². The first-order chi connectivity index (χ1) is 18.4. The molecule has 0 spiro atoms. The van der Waals surface area contributed by atoms with Crippen LogP contribution in [0.4, 0.5) is 11.6 Å². The molecule has 1 aromatic heterocycles. The summed E-state index contributed by atoms with van der Waals surface area (Å²) in [5.41, 5.74) is 4.37. The van der Waals surface area contributed by atoms with Gasteiger partial charge >= 0.3 is 0 Å². The third-order valence-electron chi connectivity index (χ3n) is 6.49. The lowest BCUT2D eigenvalue weighted by molar-refractivity contribution is -0.113. The standard InChI is InChI=1S/C29H29N5O4/c1-17-13-15-19(16-14-17)27-32-29-30-18(2)24(28(35)31-21-10-6-7-11-22(21)36-3)25(34(29)33-27)20-9-8-12-23(37-4)26(20)38-5/h6-16,25H,1-5H3,(H,31,35)(H,30,32,33). The van der Waals surface area contributed by atoms with Crippen LogP contribution in [0.1, 0.15) is 24.1 Å². The molecule has 38 heavy (non-hydrogen) atoms. The van der Waals surface area contributed by atoms with Crippen LogP contribution in [0.2, 0.25) is 0 Å². The number of anilines is 2. The van der Waals surface area contributed by atoms with Crippen LogP contribution in [-0.2, 0) is 4.79 Å². The van der Waals surface area contributed by atoms with Gasteiger partial charge < -0.3 is 24.8 Å². The third-order valence-corrected chi connectivity index (χ3v) is 6.49. The molecule has 5 rings (SSSR count). The van der Waals surface area contributed by atoms with Crippen LogP contribution in [0.25, 0.3) is 11.4 Å². The molecule has 4 aromatic rings. The number of amides is 1. The molecule has 0 fully saturated rings. The van der Waals surface area contributed by atoms with E-state index in [4.69, 9.17) is 24.3 Å². The van der Waals surface area contributed by atoms with Crippen molar-refractivity contribution in [3.05, 3.63) is 89.1 Å². The summed E-state index contributed by atoms with van der Waals surface area (Å²) in [4.78, 5) is 18.7. The van der Waals surface area contributed by atoms with Gasteiger partial charge in [0, 0.05) is 16.8 Å². The zero-order valence-electron chi connectivity index (χ0n) is 21.9. The minimum absolute atomic E-state index is 0.313. The van der Waals surface area contributed by atoms with E-state index in [1.807, 2.05) is 68.4 Å². The van der Waals surface area contributed by atoms with E-state index in [1.165, 1.54) is 0 Å². The Labute approximate surface area is 221 Å². The Morgan fingerprint density at radius 1 is 0.895 bits per heavy atom. The number of fused-ring (bicyclic) bond motifs is 1. The Balaban J connectivity index is 1.66. The van der Waals surface area contributed by atoms with Gasteiger partial charge in [-0.15, -0.1) is 5.10 Å². The molecule has 0 saturated heterocycles. The van der Waals surface area contributed by atoms with Crippen LogP contribution in [0.15, 0.2) is 78.0 Å². The predicted molar refractivity (Wildman–Crippen MR) is 146 cm³/mol. The molecule has 2 heterocycles. The Bertz CT molecular complexity index is 1520. The number of carbonyl (C=O) groups is 1. The molecular formula is C29H29N5O4.